The molecule has 0 saturated heterocycles. The summed E-state index contributed by atoms with van der Waals surface area (Å²) >= 11 is 0. The third-order valence-corrected chi connectivity index (χ3v) is 8.13. The fraction of sp³-hybridized carbons (Fsp3) is 0.680. The summed E-state index contributed by atoms with van der Waals surface area (Å²) in [4.78, 5) is 26.0. The molecule has 0 unspecified atom stereocenters. The lowest BCUT2D eigenvalue weighted by atomic mass is 9.46. The molecule has 0 N–H and O–H groups in total. The van der Waals surface area contributed by atoms with Gasteiger partial charge in [-0.15, -0.1) is 0 Å². The first kappa shape index (κ1) is 22.6. The zero-order chi connectivity index (χ0) is 22.1. The lowest BCUT2D eigenvalue weighted by Gasteiger charge is -2.57. The minimum absolute atomic E-state index is 0.0256. The van der Waals surface area contributed by atoms with Crippen molar-refractivity contribution in [1.82, 2.24) is 4.90 Å². The maximum Gasteiger partial charge on any atom is 0.311 e. The standard InChI is InChI=1S/C25H37NO4/c1-17-8-11-22-24(3,13-7-14-25(22,4)23(28)29-6)20(17)10-9-19-12-15-30-21(19)16-26(5)18(2)27/h12,15,20,22H,1,7-11,13-14,16H2,2-6H3/t20-,22-,24-,25+/m1/s1. The number of esters is 1. The number of furan rings is 1. The highest BCUT2D eigenvalue weighted by molar-refractivity contribution is 5.77. The average molecular weight is 416 g/mol. The molecule has 2 aliphatic rings. The van der Waals surface area contributed by atoms with Crippen LogP contribution in [-0.2, 0) is 27.3 Å². The van der Waals surface area contributed by atoms with E-state index < -0.39 is 5.41 Å². The van der Waals surface area contributed by atoms with E-state index in [4.69, 9.17) is 9.15 Å². The molecule has 5 nitrogen and oxygen atoms in total. The molecule has 0 spiro atoms. The van der Waals surface area contributed by atoms with Crippen LogP contribution in [0.4, 0.5) is 0 Å². The van der Waals surface area contributed by atoms with Crippen molar-refractivity contribution in [3.63, 3.8) is 0 Å². The van der Waals surface area contributed by atoms with Crippen LogP contribution in [-0.4, -0.2) is 30.9 Å². The van der Waals surface area contributed by atoms with E-state index in [2.05, 4.69) is 20.4 Å². The molecule has 0 aliphatic heterocycles. The van der Waals surface area contributed by atoms with Crippen molar-refractivity contribution in [2.45, 2.75) is 72.3 Å². The molecule has 4 atom stereocenters. The molecule has 30 heavy (non-hydrogen) atoms. The lowest BCUT2D eigenvalue weighted by Crippen LogP contribution is -2.53. The van der Waals surface area contributed by atoms with E-state index in [0.29, 0.717) is 18.4 Å². The van der Waals surface area contributed by atoms with Gasteiger partial charge >= 0.3 is 5.97 Å². The Balaban J connectivity index is 1.79. The Kier molecular flexibility index (Phi) is 6.49. The van der Waals surface area contributed by atoms with E-state index in [1.165, 1.54) is 12.7 Å². The number of rotatable bonds is 6. The number of allylic oxidation sites excluding steroid dienone is 1. The Labute approximate surface area is 180 Å². The van der Waals surface area contributed by atoms with Gasteiger partial charge in [0.2, 0.25) is 5.91 Å². The van der Waals surface area contributed by atoms with Crippen LogP contribution in [0.3, 0.4) is 0 Å². The van der Waals surface area contributed by atoms with Crippen molar-refractivity contribution in [3.05, 3.63) is 35.8 Å². The number of fused-ring (bicyclic) bond motifs is 1. The van der Waals surface area contributed by atoms with Crippen LogP contribution in [0.25, 0.3) is 0 Å². The normalized spacial score (nSPS) is 31.2. The SMILES string of the molecule is C=C1CC[C@@H]2[C@](C)(CCC[C@]2(C)C(=O)OC)[C@@H]1CCc1ccoc1CN(C)C(C)=O. The number of ether oxygens (including phenoxy) is 1. The second-order valence-electron chi connectivity index (χ2n) is 9.85. The van der Waals surface area contributed by atoms with Crippen LogP contribution in [0.15, 0.2) is 28.9 Å². The van der Waals surface area contributed by atoms with Crippen molar-refractivity contribution in [2.24, 2.45) is 22.7 Å². The maximum atomic E-state index is 12.7. The van der Waals surface area contributed by atoms with E-state index in [1.807, 2.05) is 6.07 Å². The van der Waals surface area contributed by atoms with Gasteiger partial charge in [-0.1, -0.05) is 25.5 Å². The van der Waals surface area contributed by atoms with Crippen molar-refractivity contribution in [3.8, 4) is 0 Å². The van der Waals surface area contributed by atoms with E-state index in [9.17, 15) is 9.59 Å². The van der Waals surface area contributed by atoms with Crippen LogP contribution >= 0.6 is 0 Å². The zero-order valence-electron chi connectivity index (χ0n) is 19.3. The summed E-state index contributed by atoms with van der Waals surface area (Å²) in [6, 6.07) is 2.02. The molecule has 0 bridgehead atoms. The second kappa shape index (κ2) is 8.60. The van der Waals surface area contributed by atoms with Gasteiger partial charge < -0.3 is 14.1 Å². The van der Waals surface area contributed by atoms with Gasteiger partial charge in [0.1, 0.15) is 5.76 Å². The quantitative estimate of drug-likeness (QED) is 0.477. The van der Waals surface area contributed by atoms with E-state index in [-0.39, 0.29) is 17.3 Å². The summed E-state index contributed by atoms with van der Waals surface area (Å²) in [5, 5.41) is 0. The predicted molar refractivity (Wildman–Crippen MR) is 117 cm³/mol. The van der Waals surface area contributed by atoms with Gasteiger partial charge in [-0.05, 0) is 74.3 Å². The molecular weight excluding hydrogens is 378 g/mol. The number of hydrogen-bond donors (Lipinski definition) is 0. The van der Waals surface area contributed by atoms with Crippen molar-refractivity contribution >= 4 is 11.9 Å². The maximum absolute atomic E-state index is 12.7. The molecular formula is C25H37NO4. The first-order valence-corrected chi connectivity index (χ1v) is 11.2. The summed E-state index contributed by atoms with van der Waals surface area (Å²) in [6.45, 7) is 11.0. The van der Waals surface area contributed by atoms with Crippen LogP contribution in [0.1, 0.15) is 70.6 Å². The van der Waals surface area contributed by atoms with Gasteiger partial charge in [-0.2, -0.15) is 0 Å². The summed E-state index contributed by atoms with van der Waals surface area (Å²) in [7, 11) is 3.30. The van der Waals surface area contributed by atoms with Gasteiger partial charge in [0.15, 0.2) is 0 Å². The van der Waals surface area contributed by atoms with Crippen LogP contribution in [0, 0.1) is 22.7 Å². The average Bonchev–Trinajstić information content (AvgIpc) is 3.13. The molecule has 2 fully saturated rings. The Morgan fingerprint density at radius 2 is 2.07 bits per heavy atom. The van der Waals surface area contributed by atoms with Crippen molar-refractivity contribution < 1.29 is 18.7 Å². The minimum atomic E-state index is -0.411. The highest BCUT2D eigenvalue weighted by Gasteiger charge is 2.57. The monoisotopic (exact) mass is 415 g/mol. The summed E-state index contributed by atoms with van der Waals surface area (Å²) < 4.78 is 10.9. The Hall–Kier alpha value is -2.04. The molecule has 1 aromatic heterocycles. The van der Waals surface area contributed by atoms with Crippen LogP contribution in [0.2, 0.25) is 0 Å². The molecule has 2 aliphatic carbocycles. The molecule has 0 aromatic carbocycles. The molecule has 3 rings (SSSR count). The number of aryl methyl sites for hydroxylation is 1. The molecule has 166 valence electrons. The number of amides is 1. The highest BCUT2D eigenvalue weighted by atomic mass is 16.5. The van der Waals surface area contributed by atoms with Gasteiger partial charge in [-0.25, -0.2) is 0 Å². The lowest BCUT2D eigenvalue weighted by molar-refractivity contribution is -0.168. The fourth-order valence-electron chi connectivity index (χ4n) is 6.31. The van der Waals surface area contributed by atoms with Crippen LogP contribution in [0.5, 0.6) is 0 Å². The first-order valence-electron chi connectivity index (χ1n) is 11.2. The van der Waals surface area contributed by atoms with Gasteiger partial charge in [0.05, 0.1) is 25.3 Å². The molecule has 2 saturated carbocycles. The number of methoxy groups -OCH3 is 1. The van der Waals surface area contributed by atoms with Gasteiger partial charge in [0.25, 0.3) is 0 Å². The number of nitrogens with zero attached hydrogens (tertiary/aromatic N) is 1. The molecule has 1 amide bonds. The van der Waals surface area contributed by atoms with Gasteiger partial charge in [0, 0.05) is 14.0 Å². The number of carbonyl (C=O) groups excluding carboxylic acids is 2. The Bertz CT molecular complexity index is 812. The smallest absolute Gasteiger partial charge is 0.311 e. The fourth-order valence-corrected chi connectivity index (χ4v) is 6.31. The molecule has 1 aromatic rings. The largest absolute Gasteiger partial charge is 0.469 e. The molecule has 0 radical (unpaired) electrons. The van der Waals surface area contributed by atoms with E-state index in [1.54, 1.807) is 25.1 Å². The zero-order valence-corrected chi connectivity index (χ0v) is 19.3. The predicted octanol–water partition coefficient (Wildman–Crippen LogP) is 5.14. The summed E-state index contributed by atoms with van der Waals surface area (Å²) in [5.74, 6) is 1.51. The van der Waals surface area contributed by atoms with Crippen molar-refractivity contribution in [1.29, 1.82) is 0 Å². The van der Waals surface area contributed by atoms with E-state index >= 15 is 0 Å². The number of hydrogen-bond acceptors (Lipinski definition) is 4. The molecule has 5 heteroatoms. The minimum Gasteiger partial charge on any atom is -0.469 e. The third-order valence-electron chi connectivity index (χ3n) is 8.13. The summed E-state index contributed by atoms with van der Waals surface area (Å²) in [6.07, 6.45) is 8.65. The Morgan fingerprint density at radius 3 is 2.73 bits per heavy atom. The number of carbonyl (C=O) groups is 2. The third kappa shape index (κ3) is 3.95. The first-order chi connectivity index (χ1) is 14.1. The van der Waals surface area contributed by atoms with Crippen LogP contribution < -0.4 is 0 Å². The highest BCUT2D eigenvalue weighted by Crippen LogP contribution is 2.62. The van der Waals surface area contributed by atoms with E-state index in [0.717, 1.165) is 56.3 Å². The van der Waals surface area contributed by atoms with Gasteiger partial charge in [-0.3, -0.25) is 9.59 Å². The second-order valence-corrected chi connectivity index (χ2v) is 9.85. The summed E-state index contributed by atoms with van der Waals surface area (Å²) in [5.41, 5.74) is 2.12. The van der Waals surface area contributed by atoms with Crippen molar-refractivity contribution in [2.75, 3.05) is 14.2 Å². The Morgan fingerprint density at radius 1 is 1.33 bits per heavy atom. The topological polar surface area (TPSA) is 59.8 Å². The molecule has 1 heterocycles.